The van der Waals surface area contributed by atoms with Gasteiger partial charge in [-0.2, -0.15) is 5.10 Å². The van der Waals surface area contributed by atoms with Gasteiger partial charge in [0.1, 0.15) is 12.6 Å². The maximum Gasteiger partial charge on any atom is 0.269 e. The lowest BCUT2D eigenvalue weighted by Crippen LogP contribution is -2.45. The summed E-state index contributed by atoms with van der Waals surface area (Å²) >= 11 is 0. The zero-order chi connectivity index (χ0) is 19.3. The van der Waals surface area contributed by atoms with Gasteiger partial charge in [-0.05, 0) is 24.8 Å². The Bertz CT molecular complexity index is 861. The fourth-order valence-electron chi connectivity index (χ4n) is 3.84. The highest BCUT2D eigenvalue weighted by atomic mass is 16.5. The van der Waals surface area contributed by atoms with Crippen LogP contribution in [-0.2, 0) is 16.1 Å². The van der Waals surface area contributed by atoms with Crippen LogP contribution in [0.25, 0.3) is 0 Å². The highest BCUT2D eigenvalue weighted by Crippen LogP contribution is 2.22. The average Bonchev–Trinajstić information content (AvgIpc) is 2.76. The van der Waals surface area contributed by atoms with Crippen molar-refractivity contribution >= 4 is 11.6 Å². The smallest absolute Gasteiger partial charge is 0.269 e. The SMILES string of the molecule is O=C(Cn1ncc(N2CCCCC2)cc1=O)N1CCOC(c2ccccc2)C1. The van der Waals surface area contributed by atoms with E-state index in [1.807, 2.05) is 30.3 Å². The van der Waals surface area contributed by atoms with Gasteiger partial charge in [0.05, 0.1) is 25.0 Å². The van der Waals surface area contributed by atoms with E-state index in [1.165, 1.54) is 11.1 Å². The molecule has 0 spiro atoms. The fraction of sp³-hybridized carbons (Fsp3) is 0.476. The van der Waals surface area contributed by atoms with Crippen LogP contribution in [0.2, 0.25) is 0 Å². The van der Waals surface area contributed by atoms with Crippen molar-refractivity contribution in [3.05, 3.63) is 58.5 Å². The van der Waals surface area contributed by atoms with Crippen LogP contribution in [0.5, 0.6) is 0 Å². The molecule has 0 N–H and O–H groups in total. The highest BCUT2D eigenvalue weighted by Gasteiger charge is 2.26. The molecular weight excluding hydrogens is 356 g/mol. The van der Waals surface area contributed by atoms with Crippen LogP contribution in [0.4, 0.5) is 5.69 Å². The molecule has 2 saturated heterocycles. The molecule has 1 aromatic heterocycles. The summed E-state index contributed by atoms with van der Waals surface area (Å²) in [7, 11) is 0. The monoisotopic (exact) mass is 382 g/mol. The molecule has 2 aromatic rings. The molecule has 7 nitrogen and oxygen atoms in total. The van der Waals surface area contributed by atoms with E-state index >= 15 is 0 Å². The zero-order valence-electron chi connectivity index (χ0n) is 16.0. The molecule has 1 amide bonds. The first-order chi connectivity index (χ1) is 13.7. The number of rotatable bonds is 4. The predicted octanol–water partition coefficient (Wildman–Crippen LogP) is 1.83. The van der Waals surface area contributed by atoms with Gasteiger partial charge in [-0.1, -0.05) is 30.3 Å². The average molecular weight is 382 g/mol. The number of aromatic nitrogens is 2. The predicted molar refractivity (Wildman–Crippen MR) is 106 cm³/mol. The third-order valence-corrected chi connectivity index (χ3v) is 5.45. The van der Waals surface area contributed by atoms with Gasteiger partial charge in [-0.25, -0.2) is 4.68 Å². The number of ether oxygens (including phenoxy) is 1. The largest absolute Gasteiger partial charge is 0.370 e. The number of hydrogen-bond donors (Lipinski definition) is 0. The second kappa shape index (κ2) is 8.56. The molecule has 4 rings (SSSR count). The molecule has 1 unspecified atom stereocenters. The molecule has 1 aromatic carbocycles. The Morgan fingerprint density at radius 1 is 1.11 bits per heavy atom. The summed E-state index contributed by atoms with van der Waals surface area (Å²) in [4.78, 5) is 29.2. The maximum atomic E-state index is 12.7. The molecular formula is C21H26N4O3. The molecule has 0 saturated carbocycles. The second-order valence-corrected chi connectivity index (χ2v) is 7.37. The topological polar surface area (TPSA) is 67.7 Å². The number of amides is 1. The van der Waals surface area contributed by atoms with Crippen LogP contribution in [-0.4, -0.2) is 53.4 Å². The van der Waals surface area contributed by atoms with Crippen molar-refractivity contribution in [2.45, 2.75) is 31.9 Å². The molecule has 3 heterocycles. The van der Waals surface area contributed by atoms with E-state index in [-0.39, 0.29) is 24.1 Å². The first-order valence-electron chi connectivity index (χ1n) is 9.97. The van der Waals surface area contributed by atoms with Crippen LogP contribution in [0.3, 0.4) is 0 Å². The molecule has 1 atom stereocenters. The molecule has 148 valence electrons. The molecule has 0 aliphatic carbocycles. The Kier molecular flexibility index (Phi) is 5.71. The van der Waals surface area contributed by atoms with Gasteiger partial charge in [0.25, 0.3) is 5.56 Å². The summed E-state index contributed by atoms with van der Waals surface area (Å²) in [5, 5.41) is 4.25. The standard InChI is InChI=1S/C21H26N4O3/c26-20-13-18(23-9-5-2-6-10-23)14-22-25(20)16-21(27)24-11-12-28-19(15-24)17-7-3-1-4-8-17/h1,3-4,7-8,13-14,19H,2,5-6,9-12,15-16H2. The maximum absolute atomic E-state index is 12.7. The summed E-state index contributed by atoms with van der Waals surface area (Å²) in [6, 6.07) is 11.5. The minimum Gasteiger partial charge on any atom is -0.370 e. The fourth-order valence-corrected chi connectivity index (χ4v) is 3.84. The first kappa shape index (κ1) is 18.7. The van der Waals surface area contributed by atoms with Gasteiger partial charge in [-0.15, -0.1) is 0 Å². The Morgan fingerprint density at radius 3 is 2.64 bits per heavy atom. The van der Waals surface area contributed by atoms with Crippen molar-refractivity contribution in [2.75, 3.05) is 37.7 Å². The molecule has 7 heteroatoms. The molecule has 0 radical (unpaired) electrons. The minimum absolute atomic E-state index is 0.0410. The molecule has 0 bridgehead atoms. The Balaban J connectivity index is 1.41. The Hall–Kier alpha value is -2.67. The molecule has 2 aliphatic rings. The van der Waals surface area contributed by atoms with Crippen molar-refractivity contribution in [2.24, 2.45) is 0 Å². The lowest BCUT2D eigenvalue weighted by molar-refractivity contribution is -0.139. The highest BCUT2D eigenvalue weighted by molar-refractivity contribution is 5.76. The van der Waals surface area contributed by atoms with E-state index in [2.05, 4.69) is 10.00 Å². The van der Waals surface area contributed by atoms with Gasteiger partial charge in [-0.3, -0.25) is 9.59 Å². The normalized spacial score (nSPS) is 20.2. The van der Waals surface area contributed by atoms with E-state index in [0.29, 0.717) is 19.7 Å². The Morgan fingerprint density at radius 2 is 1.89 bits per heavy atom. The van der Waals surface area contributed by atoms with Crippen LogP contribution in [0, 0.1) is 0 Å². The quantitative estimate of drug-likeness (QED) is 0.807. The minimum atomic E-state index is -0.232. The second-order valence-electron chi connectivity index (χ2n) is 7.37. The van der Waals surface area contributed by atoms with Crippen LogP contribution >= 0.6 is 0 Å². The summed E-state index contributed by atoms with van der Waals surface area (Å²) in [5.41, 5.74) is 1.68. The third kappa shape index (κ3) is 4.25. The van der Waals surface area contributed by atoms with Crippen molar-refractivity contribution < 1.29 is 9.53 Å². The lowest BCUT2D eigenvalue weighted by atomic mass is 10.1. The lowest BCUT2D eigenvalue weighted by Gasteiger charge is -2.33. The number of benzene rings is 1. The van der Waals surface area contributed by atoms with Crippen molar-refractivity contribution in [3.8, 4) is 0 Å². The van der Waals surface area contributed by atoms with Crippen LogP contribution < -0.4 is 10.5 Å². The van der Waals surface area contributed by atoms with E-state index < -0.39 is 0 Å². The van der Waals surface area contributed by atoms with Crippen molar-refractivity contribution in [1.29, 1.82) is 0 Å². The van der Waals surface area contributed by atoms with E-state index in [9.17, 15) is 9.59 Å². The van der Waals surface area contributed by atoms with E-state index in [4.69, 9.17) is 4.74 Å². The van der Waals surface area contributed by atoms with Crippen LogP contribution in [0.1, 0.15) is 30.9 Å². The van der Waals surface area contributed by atoms with Gasteiger partial charge in [0, 0.05) is 25.7 Å². The Labute approximate surface area is 164 Å². The van der Waals surface area contributed by atoms with Crippen molar-refractivity contribution in [3.63, 3.8) is 0 Å². The number of anilines is 1. The van der Waals surface area contributed by atoms with Crippen LogP contribution in [0.15, 0.2) is 47.4 Å². The van der Waals surface area contributed by atoms with E-state index in [0.717, 1.165) is 37.2 Å². The number of carbonyl (C=O) groups excluding carboxylic acids is 1. The third-order valence-electron chi connectivity index (χ3n) is 5.45. The summed E-state index contributed by atoms with van der Waals surface area (Å²) in [6.07, 6.45) is 5.08. The van der Waals surface area contributed by atoms with Gasteiger partial charge in [0.2, 0.25) is 5.91 Å². The van der Waals surface area contributed by atoms with Gasteiger partial charge in [0.15, 0.2) is 0 Å². The summed E-state index contributed by atoms with van der Waals surface area (Å²) in [5.74, 6) is -0.107. The molecule has 2 aliphatic heterocycles. The number of morpholine rings is 1. The number of nitrogens with zero attached hydrogens (tertiary/aromatic N) is 4. The molecule has 2 fully saturated rings. The van der Waals surface area contributed by atoms with E-state index in [1.54, 1.807) is 17.2 Å². The number of piperidine rings is 1. The first-order valence-corrected chi connectivity index (χ1v) is 9.97. The molecule has 28 heavy (non-hydrogen) atoms. The number of carbonyl (C=O) groups is 1. The summed E-state index contributed by atoms with van der Waals surface area (Å²) < 4.78 is 7.07. The number of hydrogen-bond acceptors (Lipinski definition) is 5. The summed E-state index contributed by atoms with van der Waals surface area (Å²) in [6.45, 7) is 3.38. The van der Waals surface area contributed by atoms with Gasteiger partial charge >= 0.3 is 0 Å². The van der Waals surface area contributed by atoms with Gasteiger partial charge < -0.3 is 14.5 Å². The zero-order valence-corrected chi connectivity index (χ0v) is 16.0. The van der Waals surface area contributed by atoms with Crippen molar-refractivity contribution in [1.82, 2.24) is 14.7 Å².